The summed E-state index contributed by atoms with van der Waals surface area (Å²) in [6.07, 6.45) is 0. The third-order valence-electron chi connectivity index (χ3n) is 3.80. The Labute approximate surface area is 137 Å². The van der Waals surface area contributed by atoms with Crippen LogP contribution in [0.5, 0.6) is 0 Å². The van der Waals surface area contributed by atoms with Crippen LogP contribution in [0.1, 0.15) is 11.8 Å². The molecule has 6 nitrogen and oxygen atoms in total. The highest BCUT2D eigenvalue weighted by Crippen LogP contribution is 2.32. The summed E-state index contributed by atoms with van der Waals surface area (Å²) in [5, 5.41) is 7.85. The Morgan fingerprint density at radius 1 is 1.17 bits per heavy atom. The molecular formula is C15H13N3O3S2. The molecule has 0 aliphatic carbocycles. The number of benzene rings is 1. The topological polar surface area (TPSA) is 76.3 Å². The van der Waals surface area contributed by atoms with E-state index in [0.29, 0.717) is 29.7 Å². The number of nitrogens with zero attached hydrogens (tertiary/aromatic N) is 3. The average Bonchev–Trinajstić information content (AvgIpc) is 3.17. The van der Waals surface area contributed by atoms with Crippen molar-refractivity contribution >= 4 is 21.4 Å². The van der Waals surface area contributed by atoms with E-state index in [1.165, 1.54) is 4.31 Å². The van der Waals surface area contributed by atoms with Gasteiger partial charge in [0.1, 0.15) is 0 Å². The summed E-state index contributed by atoms with van der Waals surface area (Å²) in [6.45, 7) is 0.727. The molecule has 0 amide bonds. The van der Waals surface area contributed by atoms with Crippen LogP contribution in [0.25, 0.3) is 11.4 Å². The first-order chi connectivity index (χ1) is 11.1. The van der Waals surface area contributed by atoms with Gasteiger partial charge >= 0.3 is 0 Å². The van der Waals surface area contributed by atoms with Gasteiger partial charge in [0.25, 0.3) is 0 Å². The molecule has 2 aromatic heterocycles. The lowest BCUT2D eigenvalue weighted by molar-refractivity contribution is 0.217. The maximum Gasteiger partial charge on any atom is 0.243 e. The molecule has 1 aliphatic rings. The Hall–Kier alpha value is -2.03. The molecule has 0 spiro atoms. The van der Waals surface area contributed by atoms with Crippen LogP contribution < -0.4 is 0 Å². The Bertz CT molecular complexity index is 899. The maximum atomic E-state index is 12.4. The van der Waals surface area contributed by atoms with Crippen LogP contribution in [0.4, 0.5) is 0 Å². The standard InChI is InChI=1S/C15H13N3O3S2/c19-23(20,13-4-2-1-3-5-13)18-8-12(9-18)15-16-14(17-21-15)11-6-7-22-10-11/h1-7,10,12H,8-9H2. The molecule has 1 fully saturated rings. The molecule has 3 heterocycles. The number of sulfonamides is 1. The van der Waals surface area contributed by atoms with Crippen LogP contribution in [0.3, 0.4) is 0 Å². The van der Waals surface area contributed by atoms with Crippen LogP contribution >= 0.6 is 11.3 Å². The second-order valence-electron chi connectivity index (χ2n) is 5.30. The van der Waals surface area contributed by atoms with Crippen molar-refractivity contribution < 1.29 is 12.9 Å². The van der Waals surface area contributed by atoms with E-state index in [0.717, 1.165) is 5.56 Å². The minimum absolute atomic E-state index is 0.0478. The normalized spacial score (nSPS) is 16.3. The van der Waals surface area contributed by atoms with Gasteiger partial charge in [-0.15, -0.1) is 0 Å². The lowest BCUT2D eigenvalue weighted by Crippen LogP contribution is -2.48. The van der Waals surface area contributed by atoms with Crippen molar-refractivity contribution in [3.05, 3.63) is 53.0 Å². The molecule has 0 unspecified atom stereocenters. The molecular weight excluding hydrogens is 334 g/mol. The molecule has 23 heavy (non-hydrogen) atoms. The molecule has 1 aliphatic heterocycles. The van der Waals surface area contributed by atoms with Gasteiger partial charge in [0.05, 0.1) is 10.8 Å². The van der Waals surface area contributed by atoms with Crippen molar-refractivity contribution in [1.29, 1.82) is 0 Å². The van der Waals surface area contributed by atoms with Crippen LogP contribution in [-0.2, 0) is 10.0 Å². The van der Waals surface area contributed by atoms with E-state index in [1.54, 1.807) is 41.7 Å². The predicted octanol–water partition coefficient (Wildman–Crippen LogP) is 2.59. The van der Waals surface area contributed by atoms with Gasteiger partial charge in [-0.2, -0.15) is 20.6 Å². The van der Waals surface area contributed by atoms with Crippen LogP contribution in [0, 0.1) is 0 Å². The number of aromatic nitrogens is 2. The molecule has 8 heteroatoms. The third-order valence-corrected chi connectivity index (χ3v) is 6.33. The minimum Gasteiger partial charge on any atom is -0.339 e. The first-order valence-electron chi connectivity index (χ1n) is 7.06. The minimum atomic E-state index is -3.43. The SMILES string of the molecule is O=S(=O)(c1ccccc1)N1CC(c2nc(-c3ccsc3)no2)C1. The van der Waals surface area contributed by atoms with Crippen molar-refractivity contribution in [2.24, 2.45) is 0 Å². The molecule has 0 bridgehead atoms. The van der Waals surface area contributed by atoms with Crippen LogP contribution in [0.2, 0.25) is 0 Å². The maximum absolute atomic E-state index is 12.4. The fourth-order valence-corrected chi connectivity index (χ4v) is 4.63. The molecule has 3 aromatic rings. The fourth-order valence-electron chi connectivity index (χ4n) is 2.44. The summed E-state index contributed by atoms with van der Waals surface area (Å²) in [5.41, 5.74) is 0.915. The molecule has 1 saturated heterocycles. The zero-order valence-electron chi connectivity index (χ0n) is 12.0. The Morgan fingerprint density at radius 2 is 1.96 bits per heavy atom. The van der Waals surface area contributed by atoms with Gasteiger partial charge in [0.15, 0.2) is 0 Å². The molecule has 0 radical (unpaired) electrons. The van der Waals surface area contributed by atoms with Crippen molar-refractivity contribution in [1.82, 2.24) is 14.4 Å². The van der Waals surface area contributed by atoms with E-state index >= 15 is 0 Å². The molecule has 1 aromatic carbocycles. The van der Waals surface area contributed by atoms with Gasteiger partial charge in [0, 0.05) is 24.0 Å². The Balaban J connectivity index is 1.48. The van der Waals surface area contributed by atoms with Gasteiger partial charge in [-0.3, -0.25) is 0 Å². The molecule has 0 saturated carbocycles. The van der Waals surface area contributed by atoms with Gasteiger partial charge in [-0.05, 0) is 23.6 Å². The van der Waals surface area contributed by atoms with Gasteiger partial charge < -0.3 is 4.52 Å². The number of hydrogen-bond acceptors (Lipinski definition) is 6. The zero-order valence-corrected chi connectivity index (χ0v) is 13.6. The monoisotopic (exact) mass is 347 g/mol. The summed E-state index contributed by atoms with van der Waals surface area (Å²) in [7, 11) is -3.43. The highest BCUT2D eigenvalue weighted by atomic mass is 32.2. The molecule has 118 valence electrons. The van der Waals surface area contributed by atoms with E-state index in [9.17, 15) is 8.42 Å². The highest BCUT2D eigenvalue weighted by Gasteiger charge is 2.40. The van der Waals surface area contributed by atoms with E-state index in [-0.39, 0.29) is 5.92 Å². The van der Waals surface area contributed by atoms with E-state index in [1.807, 2.05) is 16.8 Å². The zero-order chi connectivity index (χ0) is 15.9. The lowest BCUT2D eigenvalue weighted by Gasteiger charge is -2.35. The lowest BCUT2D eigenvalue weighted by atomic mass is 10.0. The molecule has 0 N–H and O–H groups in total. The average molecular weight is 347 g/mol. The van der Waals surface area contributed by atoms with Crippen molar-refractivity contribution in [2.45, 2.75) is 10.8 Å². The first-order valence-corrected chi connectivity index (χ1v) is 9.44. The predicted molar refractivity (Wildman–Crippen MR) is 85.6 cm³/mol. The summed E-state index contributed by atoms with van der Waals surface area (Å²) in [4.78, 5) is 4.68. The largest absolute Gasteiger partial charge is 0.339 e. The Morgan fingerprint density at radius 3 is 2.65 bits per heavy atom. The third kappa shape index (κ3) is 2.58. The van der Waals surface area contributed by atoms with Crippen molar-refractivity contribution in [2.75, 3.05) is 13.1 Å². The quantitative estimate of drug-likeness (QED) is 0.725. The van der Waals surface area contributed by atoms with Crippen LogP contribution in [0.15, 0.2) is 56.6 Å². The van der Waals surface area contributed by atoms with Gasteiger partial charge in [0.2, 0.25) is 21.7 Å². The summed E-state index contributed by atoms with van der Waals surface area (Å²) in [5.74, 6) is 0.990. The van der Waals surface area contributed by atoms with Crippen molar-refractivity contribution in [3.63, 3.8) is 0 Å². The molecule has 0 atom stereocenters. The molecule has 4 rings (SSSR count). The Kier molecular flexibility index (Phi) is 3.51. The first kappa shape index (κ1) is 14.6. The summed E-state index contributed by atoms with van der Waals surface area (Å²) < 4.78 is 31.6. The van der Waals surface area contributed by atoms with Crippen LogP contribution in [-0.4, -0.2) is 36.0 Å². The smallest absolute Gasteiger partial charge is 0.243 e. The second kappa shape index (κ2) is 5.55. The summed E-state index contributed by atoms with van der Waals surface area (Å²) >= 11 is 1.56. The van der Waals surface area contributed by atoms with Gasteiger partial charge in [-0.1, -0.05) is 23.4 Å². The van der Waals surface area contributed by atoms with Crippen molar-refractivity contribution in [3.8, 4) is 11.4 Å². The second-order valence-corrected chi connectivity index (χ2v) is 8.02. The highest BCUT2D eigenvalue weighted by molar-refractivity contribution is 7.89. The number of rotatable bonds is 4. The van der Waals surface area contributed by atoms with E-state index in [2.05, 4.69) is 10.1 Å². The van der Waals surface area contributed by atoms with Gasteiger partial charge in [-0.25, -0.2) is 8.42 Å². The fraction of sp³-hybridized carbons (Fsp3) is 0.200. The number of thiophene rings is 1. The van der Waals surface area contributed by atoms with E-state index < -0.39 is 10.0 Å². The van der Waals surface area contributed by atoms with E-state index in [4.69, 9.17) is 4.52 Å². The number of hydrogen-bond donors (Lipinski definition) is 0. The summed E-state index contributed by atoms with van der Waals surface area (Å²) in [6, 6.07) is 10.4.